The first-order valence-electron chi connectivity index (χ1n) is 6.55. The number of hydrogen-bond acceptors (Lipinski definition) is 5. The summed E-state index contributed by atoms with van der Waals surface area (Å²) in [6.07, 6.45) is -1.14. The van der Waals surface area contributed by atoms with Gasteiger partial charge in [-0.15, -0.1) is 0 Å². The van der Waals surface area contributed by atoms with Crippen LogP contribution in [0.15, 0.2) is 0 Å². The molecule has 1 aliphatic heterocycles. The van der Waals surface area contributed by atoms with E-state index in [2.05, 4.69) is 0 Å². The smallest absolute Gasteiger partial charge is 0.410 e. The van der Waals surface area contributed by atoms with Gasteiger partial charge in [0.15, 0.2) is 6.10 Å². The summed E-state index contributed by atoms with van der Waals surface area (Å²) < 4.78 is 9.93. The maximum atomic E-state index is 11.7. The Morgan fingerprint density at radius 1 is 1.37 bits per heavy atom. The molecular weight excluding hydrogens is 250 g/mol. The molecule has 1 fully saturated rings. The van der Waals surface area contributed by atoms with Gasteiger partial charge in [0.05, 0.1) is 6.61 Å². The number of nitrogens with zero attached hydrogens (tertiary/aromatic N) is 1. The summed E-state index contributed by atoms with van der Waals surface area (Å²) in [5, 5.41) is 9.59. The van der Waals surface area contributed by atoms with E-state index in [1.54, 1.807) is 11.8 Å². The van der Waals surface area contributed by atoms with Crippen LogP contribution >= 0.6 is 0 Å². The number of rotatable bonds is 4. The zero-order valence-corrected chi connectivity index (χ0v) is 12.0. The van der Waals surface area contributed by atoms with Gasteiger partial charge in [-0.25, -0.2) is 9.59 Å². The molecule has 0 saturated carbocycles. The van der Waals surface area contributed by atoms with Crippen LogP contribution in [-0.4, -0.2) is 53.5 Å². The fraction of sp³-hybridized carbons (Fsp3) is 0.846. The van der Waals surface area contributed by atoms with Crippen molar-refractivity contribution in [3.63, 3.8) is 0 Å². The maximum absolute atomic E-state index is 11.7. The Balaban J connectivity index is 2.27. The fourth-order valence-electron chi connectivity index (χ4n) is 1.84. The number of esters is 1. The number of aliphatic hydroxyl groups is 1. The Bertz CT molecular complexity index is 330. The zero-order valence-electron chi connectivity index (χ0n) is 12.0. The maximum Gasteiger partial charge on any atom is 0.410 e. The van der Waals surface area contributed by atoms with Crippen LogP contribution < -0.4 is 0 Å². The van der Waals surface area contributed by atoms with Crippen molar-refractivity contribution in [2.45, 2.75) is 45.8 Å². The molecule has 19 heavy (non-hydrogen) atoms. The molecule has 0 aromatic rings. The lowest BCUT2D eigenvalue weighted by Crippen LogP contribution is -2.52. The van der Waals surface area contributed by atoms with E-state index in [1.807, 2.05) is 20.8 Å². The van der Waals surface area contributed by atoms with Crippen molar-refractivity contribution in [3.8, 4) is 0 Å². The standard InChI is InChI=1S/C13H23NO5/c1-5-18-11(16)10(15)6-9-7-14(8-9)12(17)19-13(2,3)4/h9-10,15H,5-8H2,1-4H3/t10-/m0/s1. The van der Waals surface area contributed by atoms with Gasteiger partial charge in [0, 0.05) is 13.1 Å². The predicted molar refractivity (Wildman–Crippen MR) is 68.6 cm³/mol. The van der Waals surface area contributed by atoms with E-state index < -0.39 is 17.7 Å². The van der Waals surface area contributed by atoms with Crippen LogP contribution in [0.1, 0.15) is 34.1 Å². The Morgan fingerprint density at radius 3 is 2.42 bits per heavy atom. The molecule has 110 valence electrons. The van der Waals surface area contributed by atoms with Gasteiger partial charge in [0.1, 0.15) is 5.60 Å². The van der Waals surface area contributed by atoms with Crippen LogP contribution in [0.2, 0.25) is 0 Å². The minimum atomic E-state index is -1.11. The highest BCUT2D eigenvalue weighted by atomic mass is 16.6. The topological polar surface area (TPSA) is 76.1 Å². The first kappa shape index (κ1) is 15.8. The third kappa shape index (κ3) is 5.06. The summed E-state index contributed by atoms with van der Waals surface area (Å²) in [5.74, 6) is -0.481. The van der Waals surface area contributed by atoms with Gasteiger partial charge in [-0.05, 0) is 40.0 Å². The minimum absolute atomic E-state index is 0.118. The summed E-state index contributed by atoms with van der Waals surface area (Å²) in [4.78, 5) is 24.5. The van der Waals surface area contributed by atoms with Crippen molar-refractivity contribution in [2.75, 3.05) is 19.7 Å². The van der Waals surface area contributed by atoms with Crippen LogP contribution in [0.3, 0.4) is 0 Å². The molecule has 6 nitrogen and oxygen atoms in total. The van der Waals surface area contributed by atoms with Crippen LogP contribution in [-0.2, 0) is 14.3 Å². The van der Waals surface area contributed by atoms with E-state index in [9.17, 15) is 14.7 Å². The summed E-state index contributed by atoms with van der Waals surface area (Å²) in [7, 11) is 0. The molecule has 1 N–H and O–H groups in total. The van der Waals surface area contributed by atoms with Gasteiger partial charge in [-0.3, -0.25) is 0 Å². The molecule has 0 spiro atoms. The van der Waals surface area contributed by atoms with E-state index in [0.717, 1.165) is 0 Å². The van der Waals surface area contributed by atoms with Gasteiger partial charge in [-0.2, -0.15) is 0 Å². The number of carbonyl (C=O) groups is 2. The van der Waals surface area contributed by atoms with Gasteiger partial charge < -0.3 is 19.5 Å². The third-order valence-corrected chi connectivity index (χ3v) is 2.72. The number of ether oxygens (including phenoxy) is 2. The monoisotopic (exact) mass is 273 g/mol. The number of amides is 1. The van der Waals surface area contributed by atoms with E-state index >= 15 is 0 Å². The average molecular weight is 273 g/mol. The molecule has 6 heteroatoms. The Labute approximate surface area is 113 Å². The lowest BCUT2D eigenvalue weighted by atomic mass is 9.94. The minimum Gasteiger partial charge on any atom is -0.464 e. The quantitative estimate of drug-likeness (QED) is 0.778. The highest BCUT2D eigenvalue weighted by molar-refractivity contribution is 5.74. The average Bonchev–Trinajstić information content (AvgIpc) is 2.19. The van der Waals surface area contributed by atoms with E-state index in [0.29, 0.717) is 19.5 Å². The van der Waals surface area contributed by atoms with Crippen molar-refractivity contribution >= 4 is 12.1 Å². The Morgan fingerprint density at radius 2 is 1.95 bits per heavy atom. The SMILES string of the molecule is CCOC(=O)[C@@H](O)CC1CN(C(=O)OC(C)(C)C)C1. The van der Waals surface area contributed by atoms with Crippen molar-refractivity contribution in [3.05, 3.63) is 0 Å². The van der Waals surface area contributed by atoms with Crippen LogP contribution in [0, 0.1) is 5.92 Å². The molecule has 0 aromatic heterocycles. The van der Waals surface area contributed by atoms with E-state index in [1.165, 1.54) is 0 Å². The van der Waals surface area contributed by atoms with E-state index in [-0.39, 0.29) is 18.6 Å². The first-order chi connectivity index (χ1) is 8.73. The second kappa shape index (κ2) is 6.23. The third-order valence-electron chi connectivity index (χ3n) is 2.72. The summed E-state index contributed by atoms with van der Waals surface area (Å²) in [6, 6.07) is 0. The van der Waals surface area contributed by atoms with Crippen molar-refractivity contribution in [1.82, 2.24) is 4.90 Å². The molecular formula is C13H23NO5. The highest BCUT2D eigenvalue weighted by Gasteiger charge is 2.36. The highest BCUT2D eigenvalue weighted by Crippen LogP contribution is 2.23. The molecule has 1 rings (SSSR count). The molecule has 1 heterocycles. The molecule has 0 bridgehead atoms. The first-order valence-corrected chi connectivity index (χ1v) is 6.55. The predicted octanol–water partition coefficient (Wildman–Crippen LogP) is 1.17. The molecule has 0 unspecified atom stereocenters. The van der Waals surface area contributed by atoms with E-state index in [4.69, 9.17) is 9.47 Å². The molecule has 0 radical (unpaired) electrons. The second-order valence-corrected chi connectivity index (χ2v) is 5.75. The number of hydrogen-bond donors (Lipinski definition) is 1. The lowest BCUT2D eigenvalue weighted by molar-refractivity contribution is -0.154. The van der Waals surface area contributed by atoms with Crippen molar-refractivity contribution in [1.29, 1.82) is 0 Å². The summed E-state index contributed by atoms with van der Waals surface area (Å²) in [5.41, 5.74) is -0.507. The van der Waals surface area contributed by atoms with Crippen LogP contribution in [0.25, 0.3) is 0 Å². The van der Waals surface area contributed by atoms with Gasteiger partial charge in [0.25, 0.3) is 0 Å². The molecule has 1 amide bonds. The number of likely N-dealkylation sites (tertiary alicyclic amines) is 1. The summed E-state index contributed by atoms with van der Waals surface area (Å²) >= 11 is 0. The van der Waals surface area contributed by atoms with Crippen molar-refractivity contribution < 1.29 is 24.2 Å². The van der Waals surface area contributed by atoms with Gasteiger partial charge in [-0.1, -0.05) is 0 Å². The largest absolute Gasteiger partial charge is 0.464 e. The second-order valence-electron chi connectivity index (χ2n) is 5.75. The lowest BCUT2D eigenvalue weighted by Gasteiger charge is -2.40. The van der Waals surface area contributed by atoms with Gasteiger partial charge >= 0.3 is 12.1 Å². The van der Waals surface area contributed by atoms with Gasteiger partial charge in [0.2, 0.25) is 0 Å². The number of aliphatic hydroxyl groups excluding tert-OH is 1. The Kier molecular flexibility index (Phi) is 5.17. The summed E-state index contributed by atoms with van der Waals surface area (Å²) in [6.45, 7) is 8.39. The molecule has 0 aliphatic carbocycles. The molecule has 1 aliphatic rings. The van der Waals surface area contributed by atoms with Crippen molar-refractivity contribution in [2.24, 2.45) is 5.92 Å². The van der Waals surface area contributed by atoms with Crippen LogP contribution in [0.4, 0.5) is 4.79 Å². The molecule has 1 saturated heterocycles. The zero-order chi connectivity index (χ0) is 14.6. The molecule has 0 aromatic carbocycles. The Hall–Kier alpha value is -1.30. The molecule has 1 atom stereocenters. The normalized spacial score (nSPS) is 17.6. The van der Waals surface area contributed by atoms with Crippen LogP contribution in [0.5, 0.6) is 0 Å². The fourth-order valence-corrected chi connectivity index (χ4v) is 1.84. The number of carbonyl (C=O) groups excluding carboxylic acids is 2.